The van der Waals surface area contributed by atoms with Crippen LogP contribution >= 0.6 is 0 Å². The van der Waals surface area contributed by atoms with Crippen LogP contribution in [0.1, 0.15) is 28.8 Å². The number of carbonyl (C=O) groups excluding carboxylic acids is 1. The smallest absolute Gasteiger partial charge is 0.242 e. The molecule has 4 unspecified atom stereocenters. The lowest BCUT2D eigenvalue weighted by molar-refractivity contribution is -0.130. The number of carbonyl (C=O) groups is 1. The van der Waals surface area contributed by atoms with E-state index in [9.17, 15) is 14.3 Å². The molecule has 1 amide bonds. The van der Waals surface area contributed by atoms with E-state index in [4.69, 9.17) is 0 Å². The summed E-state index contributed by atoms with van der Waals surface area (Å²) in [5.74, 6) is -0.251. The van der Waals surface area contributed by atoms with Gasteiger partial charge in [0, 0.05) is 18.0 Å². The molecule has 5 nitrogen and oxygen atoms in total. The van der Waals surface area contributed by atoms with Crippen molar-refractivity contribution in [2.24, 2.45) is 5.92 Å². The second kappa shape index (κ2) is 8.13. The van der Waals surface area contributed by atoms with Crippen LogP contribution in [0, 0.1) is 11.7 Å². The Morgan fingerprint density at radius 2 is 1.55 bits per heavy atom. The van der Waals surface area contributed by atoms with Gasteiger partial charge in [0.15, 0.2) is 0 Å². The van der Waals surface area contributed by atoms with Crippen LogP contribution in [-0.2, 0) is 11.2 Å². The van der Waals surface area contributed by atoms with Gasteiger partial charge >= 0.3 is 0 Å². The fraction of sp³-hybridized carbons (Fsp3) is 0.240. The predicted octanol–water partition coefficient (Wildman–Crippen LogP) is 3.49. The van der Waals surface area contributed by atoms with Crippen LogP contribution in [0.2, 0.25) is 0 Å². The highest BCUT2D eigenvalue weighted by Crippen LogP contribution is 2.48. The van der Waals surface area contributed by atoms with E-state index in [0.29, 0.717) is 6.54 Å². The predicted molar refractivity (Wildman–Crippen MR) is 115 cm³/mol. The number of nitrogens with zero attached hydrogens (tertiary/aromatic N) is 1. The molecule has 158 valence electrons. The molecule has 2 aliphatic rings. The molecule has 2 heterocycles. The molecule has 0 aromatic heterocycles. The van der Waals surface area contributed by atoms with Gasteiger partial charge in [-0.05, 0) is 35.7 Å². The van der Waals surface area contributed by atoms with Gasteiger partial charge in [-0.3, -0.25) is 4.79 Å². The summed E-state index contributed by atoms with van der Waals surface area (Å²) in [6, 6.07) is 22.7. The lowest BCUT2D eigenvalue weighted by Gasteiger charge is -2.31. The van der Waals surface area contributed by atoms with Gasteiger partial charge < -0.3 is 10.0 Å². The highest BCUT2D eigenvalue weighted by molar-refractivity contribution is 5.86. The third kappa shape index (κ3) is 3.58. The molecular formula is C25H24FN3O2. The van der Waals surface area contributed by atoms with Crippen LogP contribution < -0.4 is 10.9 Å². The van der Waals surface area contributed by atoms with Gasteiger partial charge in [0.05, 0.1) is 12.1 Å². The topological polar surface area (TPSA) is 64.6 Å². The van der Waals surface area contributed by atoms with Crippen molar-refractivity contribution < 1.29 is 14.3 Å². The maximum atomic E-state index is 13.6. The summed E-state index contributed by atoms with van der Waals surface area (Å²) in [7, 11) is 0. The number of phenolic OH excluding ortho intramolecular Hbond substituents is 1. The summed E-state index contributed by atoms with van der Waals surface area (Å²) in [6.45, 7) is 0.563. The Bertz CT molecular complexity index is 1070. The van der Waals surface area contributed by atoms with Crippen LogP contribution in [-0.4, -0.2) is 28.5 Å². The van der Waals surface area contributed by atoms with Gasteiger partial charge in [0.1, 0.15) is 17.6 Å². The first-order valence-corrected chi connectivity index (χ1v) is 10.5. The molecule has 0 radical (unpaired) electrons. The van der Waals surface area contributed by atoms with Crippen molar-refractivity contribution in [2.75, 3.05) is 6.54 Å². The Morgan fingerprint density at radius 3 is 2.29 bits per heavy atom. The number of nitrogens with one attached hydrogen (secondary N) is 2. The number of para-hydroxylation sites is 1. The minimum atomic E-state index is -0.421. The van der Waals surface area contributed by atoms with Crippen molar-refractivity contribution in [3.05, 3.63) is 101 Å². The molecule has 0 saturated carbocycles. The summed E-state index contributed by atoms with van der Waals surface area (Å²) in [5, 5.41) is 10.5. The number of benzene rings is 3. The zero-order chi connectivity index (χ0) is 21.4. The fourth-order valence-corrected chi connectivity index (χ4v) is 4.92. The van der Waals surface area contributed by atoms with Crippen molar-refractivity contribution in [3.63, 3.8) is 0 Å². The maximum Gasteiger partial charge on any atom is 0.242 e. The Kier molecular flexibility index (Phi) is 5.18. The van der Waals surface area contributed by atoms with E-state index in [1.54, 1.807) is 24.3 Å². The van der Waals surface area contributed by atoms with Gasteiger partial charge in [-0.2, -0.15) is 0 Å². The highest BCUT2D eigenvalue weighted by atomic mass is 19.1. The molecular weight excluding hydrogens is 393 g/mol. The van der Waals surface area contributed by atoms with Gasteiger partial charge in [-0.1, -0.05) is 60.7 Å². The van der Waals surface area contributed by atoms with Crippen LogP contribution in [0.3, 0.4) is 0 Å². The number of aromatic hydroxyl groups is 1. The number of hydrogen-bond donors (Lipinski definition) is 3. The third-order valence-electron chi connectivity index (χ3n) is 6.38. The molecule has 0 bridgehead atoms. The number of rotatable bonds is 5. The minimum Gasteiger partial charge on any atom is -0.508 e. The summed E-state index contributed by atoms with van der Waals surface area (Å²) >= 11 is 0. The van der Waals surface area contributed by atoms with Crippen molar-refractivity contribution in [1.29, 1.82) is 0 Å². The number of likely N-dealkylation sites (tertiary alicyclic amines) is 1. The second-order valence-corrected chi connectivity index (χ2v) is 8.14. The molecule has 2 saturated heterocycles. The Hall–Kier alpha value is -3.22. The van der Waals surface area contributed by atoms with E-state index in [1.807, 2.05) is 35.2 Å². The van der Waals surface area contributed by atoms with Crippen LogP contribution in [0.15, 0.2) is 78.9 Å². The summed E-state index contributed by atoms with van der Waals surface area (Å²) in [4.78, 5) is 15.3. The molecule has 3 aromatic rings. The van der Waals surface area contributed by atoms with E-state index < -0.39 is 6.04 Å². The molecule has 5 rings (SSSR count). The standard InChI is InChI=1S/C25H24FN3O2/c26-18-12-10-17(11-13-18)24-21-22(19-8-4-5-9-20(19)30)27-28-23(21)25(31)29(24)15-14-16-6-2-1-3-7-16/h1-13,21-24,27-28,30H,14-15H2. The van der Waals surface area contributed by atoms with E-state index in [0.717, 1.165) is 23.1 Å². The monoisotopic (exact) mass is 417 g/mol. The summed E-state index contributed by atoms with van der Waals surface area (Å²) < 4.78 is 13.6. The van der Waals surface area contributed by atoms with Crippen molar-refractivity contribution in [2.45, 2.75) is 24.5 Å². The Labute approximate surface area is 180 Å². The van der Waals surface area contributed by atoms with E-state index in [-0.39, 0.29) is 35.5 Å². The molecule has 4 atom stereocenters. The SMILES string of the molecule is O=C1C2NNC(c3ccccc3O)C2C(c2ccc(F)cc2)N1CCc1ccccc1. The van der Waals surface area contributed by atoms with Crippen LogP contribution in [0.5, 0.6) is 5.75 Å². The number of halogens is 1. The molecule has 0 spiro atoms. The van der Waals surface area contributed by atoms with Gasteiger partial charge in [-0.15, -0.1) is 0 Å². The zero-order valence-corrected chi connectivity index (χ0v) is 16.9. The number of fused-ring (bicyclic) bond motifs is 1. The summed E-state index contributed by atoms with van der Waals surface area (Å²) in [6.07, 6.45) is 0.735. The molecule has 31 heavy (non-hydrogen) atoms. The first kappa shape index (κ1) is 19.7. The van der Waals surface area contributed by atoms with Crippen molar-refractivity contribution in [1.82, 2.24) is 15.8 Å². The largest absolute Gasteiger partial charge is 0.508 e. The van der Waals surface area contributed by atoms with Crippen molar-refractivity contribution in [3.8, 4) is 5.75 Å². The van der Waals surface area contributed by atoms with Gasteiger partial charge in [0.25, 0.3) is 0 Å². The molecule has 0 aliphatic carbocycles. The lowest BCUT2D eigenvalue weighted by Crippen LogP contribution is -2.42. The Morgan fingerprint density at radius 1 is 0.871 bits per heavy atom. The first-order chi connectivity index (χ1) is 15.1. The fourth-order valence-electron chi connectivity index (χ4n) is 4.92. The average Bonchev–Trinajstić information content (AvgIpc) is 3.33. The summed E-state index contributed by atoms with van der Waals surface area (Å²) in [5.41, 5.74) is 9.17. The highest BCUT2D eigenvalue weighted by Gasteiger charge is 2.55. The number of hydrazine groups is 1. The minimum absolute atomic E-state index is 0.0145. The molecule has 6 heteroatoms. The number of hydrogen-bond acceptors (Lipinski definition) is 4. The van der Waals surface area contributed by atoms with E-state index >= 15 is 0 Å². The third-order valence-corrected chi connectivity index (χ3v) is 6.38. The maximum absolute atomic E-state index is 13.6. The van der Waals surface area contributed by atoms with Crippen LogP contribution in [0.25, 0.3) is 0 Å². The van der Waals surface area contributed by atoms with E-state index in [2.05, 4.69) is 23.0 Å². The quantitative estimate of drug-likeness (QED) is 0.595. The van der Waals surface area contributed by atoms with E-state index in [1.165, 1.54) is 12.1 Å². The second-order valence-electron chi connectivity index (χ2n) is 8.14. The number of phenols is 1. The average molecular weight is 417 g/mol. The van der Waals surface area contributed by atoms with Crippen LogP contribution in [0.4, 0.5) is 4.39 Å². The van der Waals surface area contributed by atoms with Gasteiger partial charge in [-0.25, -0.2) is 15.2 Å². The first-order valence-electron chi connectivity index (χ1n) is 10.5. The molecule has 2 aliphatic heterocycles. The number of amides is 1. The molecule has 3 N–H and O–H groups in total. The molecule has 3 aromatic carbocycles. The normalized spacial score (nSPS) is 25.1. The van der Waals surface area contributed by atoms with Gasteiger partial charge in [0.2, 0.25) is 5.91 Å². The lowest BCUT2D eigenvalue weighted by atomic mass is 9.83. The molecule has 2 fully saturated rings. The van der Waals surface area contributed by atoms with Crippen molar-refractivity contribution >= 4 is 5.91 Å². The Balaban J connectivity index is 1.51. The zero-order valence-electron chi connectivity index (χ0n) is 16.9.